The minimum Gasteiger partial charge on any atom is -0.392 e. The highest BCUT2D eigenvalue weighted by Gasteiger charge is 2.09. The van der Waals surface area contributed by atoms with Crippen LogP contribution in [-0.4, -0.2) is 42.1 Å². The van der Waals surface area contributed by atoms with Crippen molar-refractivity contribution in [3.63, 3.8) is 0 Å². The van der Waals surface area contributed by atoms with Crippen LogP contribution in [0.25, 0.3) is 0 Å². The van der Waals surface area contributed by atoms with Crippen molar-refractivity contribution >= 4 is 0 Å². The molecule has 0 saturated carbocycles. The standard InChI is InChI=1S/C14H23NO3/c1-11(16)8-15-9-14(17)10-18-12(2)13-6-4-3-5-7-13/h3-7,11-12,14-17H,8-10H2,1-2H3. The molecule has 1 rings (SSSR count). The van der Waals surface area contributed by atoms with Crippen molar-refractivity contribution in [2.75, 3.05) is 19.7 Å². The summed E-state index contributed by atoms with van der Waals surface area (Å²) in [6, 6.07) is 9.90. The highest BCUT2D eigenvalue weighted by atomic mass is 16.5. The van der Waals surface area contributed by atoms with E-state index in [1.807, 2.05) is 37.3 Å². The van der Waals surface area contributed by atoms with E-state index in [1.165, 1.54) is 0 Å². The normalized spacial score (nSPS) is 16.2. The van der Waals surface area contributed by atoms with Crippen LogP contribution in [0.5, 0.6) is 0 Å². The van der Waals surface area contributed by atoms with Crippen LogP contribution in [0.4, 0.5) is 0 Å². The molecule has 0 aromatic heterocycles. The fraction of sp³-hybridized carbons (Fsp3) is 0.571. The van der Waals surface area contributed by atoms with Gasteiger partial charge in [-0.25, -0.2) is 0 Å². The Hall–Kier alpha value is -0.940. The Morgan fingerprint density at radius 2 is 1.78 bits per heavy atom. The maximum atomic E-state index is 9.69. The van der Waals surface area contributed by atoms with E-state index in [2.05, 4.69) is 5.32 Å². The lowest BCUT2D eigenvalue weighted by molar-refractivity contribution is -0.00274. The van der Waals surface area contributed by atoms with Crippen LogP contribution >= 0.6 is 0 Å². The van der Waals surface area contributed by atoms with Crippen LogP contribution in [0, 0.1) is 0 Å². The molecule has 0 aliphatic heterocycles. The number of rotatable bonds is 8. The molecule has 0 amide bonds. The molecule has 3 atom stereocenters. The Balaban J connectivity index is 2.20. The third-order valence-electron chi connectivity index (χ3n) is 2.63. The van der Waals surface area contributed by atoms with Crippen molar-refractivity contribution < 1.29 is 14.9 Å². The monoisotopic (exact) mass is 253 g/mol. The Kier molecular flexibility index (Phi) is 6.90. The van der Waals surface area contributed by atoms with Gasteiger partial charge in [-0.15, -0.1) is 0 Å². The summed E-state index contributed by atoms with van der Waals surface area (Å²) in [7, 11) is 0. The fourth-order valence-corrected chi connectivity index (χ4v) is 1.59. The van der Waals surface area contributed by atoms with Crippen LogP contribution in [0.15, 0.2) is 30.3 Å². The molecule has 1 aromatic rings. The second-order valence-electron chi connectivity index (χ2n) is 4.55. The number of nitrogens with one attached hydrogen (secondary N) is 1. The number of benzene rings is 1. The Bertz CT molecular complexity index is 316. The van der Waals surface area contributed by atoms with Crippen molar-refractivity contribution in [2.24, 2.45) is 0 Å². The average molecular weight is 253 g/mol. The molecule has 0 fully saturated rings. The quantitative estimate of drug-likeness (QED) is 0.649. The zero-order valence-electron chi connectivity index (χ0n) is 11.0. The summed E-state index contributed by atoms with van der Waals surface area (Å²) in [6.45, 7) is 4.85. The number of aliphatic hydroxyl groups is 2. The molecule has 4 heteroatoms. The van der Waals surface area contributed by atoms with E-state index in [9.17, 15) is 5.11 Å². The molecular weight excluding hydrogens is 230 g/mol. The highest BCUT2D eigenvalue weighted by molar-refractivity contribution is 5.16. The molecule has 18 heavy (non-hydrogen) atoms. The summed E-state index contributed by atoms with van der Waals surface area (Å²) in [5.74, 6) is 0. The molecule has 1 aromatic carbocycles. The maximum Gasteiger partial charge on any atom is 0.0897 e. The number of hydrogen-bond acceptors (Lipinski definition) is 4. The van der Waals surface area contributed by atoms with Gasteiger partial charge in [0, 0.05) is 13.1 Å². The first-order valence-corrected chi connectivity index (χ1v) is 6.33. The maximum absolute atomic E-state index is 9.69. The van der Waals surface area contributed by atoms with E-state index in [0.29, 0.717) is 13.1 Å². The fourth-order valence-electron chi connectivity index (χ4n) is 1.59. The summed E-state index contributed by atoms with van der Waals surface area (Å²) < 4.78 is 5.59. The topological polar surface area (TPSA) is 61.7 Å². The summed E-state index contributed by atoms with van der Waals surface area (Å²) >= 11 is 0. The van der Waals surface area contributed by atoms with Crippen molar-refractivity contribution in [1.29, 1.82) is 0 Å². The Labute approximate surface area is 109 Å². The minimum atomic E-state index is -0.560. The predicted molar refractivity (Wildman–Crippen MR) is 71.4 cm³/mol. The van der Waals surface area contributed by atoms with Gasteiger partial charge in [-0.05, 0) is 19.4 Å². The van der Waals surface area contributed by atoms with Crippen molar-refractivity contribution in [3.05, 3.63) is 35.9 Å². The van der Waals surface area contributed by atoms with Gasteiger partial charge in [-0.3, -0.25) is 0 Å². The zero-order chi connectivity index (χ0) is 13.4. The van der Waals surface area contributed by atoms with Crippen LogP contribution in [0.1, 0.15) is 25.5 Å². The zero-order valence-corrected chi connectivity index (χ0v) is 11.0. The van der Waals surface area contributed by atoms with Gasteiger partial charge in [0.2, 0.25) is 0 Å². The van der Waals surface area contributed by atoms with Gasteiger partial charge >= 0.3 is 0 Å². The van der Waals surface area contributed by atoms with Crippen molar-refractivity contribution in [3.8, 4) is 0 Å². The molecular formula is C14H23NO3. The van der Waals surface area contributed by atoms with Gasteiger partial charge < -0.3 is 20.3 Å². The molecule has 0 aliphatic carbocycles. The van der Waals surface area contributed by atoms with Crippen LogP contribution in [-0.2, 0) is 4.74 Å². The Morgan fingerprint density at radius 1 is 1.11 bits per heavy atom. The second kappa shape index (κ2) is 8.21. The highest BCUT2D eigenvalue weighted by Crippen LogP contribution is 2.15. The molecule has 0 spiro atoms. The second-order valence-corrected chi connectivity index (χ2v) is 4.55. The molecule has 4 nitrogen and oxygen atoms in total. The summed E-state index contributed by atoms with van der Waals surface area (Å²) in [6.07, 6.45) is -0.992. The molecule has 3 N–H and O–H groups in total. The Morgan fingerprint density at radius 3 is 2.39 bits per heavy atom. The lowest BCUT2D eigenvalue weighted by Gasteiger charge is -2.17. The van der Waals surface area contributed by atoms with E-state index < -0.39 is 12.2 Å². The number of ether oxygens (including phenoxy) is 1. The van der Waals surface area contributed by atoms with Gasteiger partial charge in [0.1, 0.15) is 0 Å². The smallest absolute Gasteiger partial charge is 0.0897 e. The van der Waals surface area contributed by atoms with E-state index in [4.69, 9.17) is 9.84 Å². The first kappa shape index (κ1) is 15.1. The van der Waals surface area contributed by atoms with Crippen LogP contribution < -0.4 is 5.32 Å². The number of hydrogen-bond donors (Lipinski definition) is 3. The van der Waals surface area contributed by atoms with E-state index in [-0.39, 0.29) is 12.7 Å². The minimum absolute atomic E-state index is 0.0300. The lowest BCUT2D eigenvalue weighted by atomic mass is 10.1. The predicted octanol–water partition coefficient (Wildman–Crippen LogP) is 1.10. The molecule has 0 heterocycles. The van der Waals surface area contributed by atoms with Gasteiger partial charge in [0.25, 0.3) is 0 Å². The van der Waals surface area contributed by atoms with Crippen molar-refractivity contribution in [2.45, 2.75) is 32.2 Å². The summed E-state index contributed by atoms with van der Waals surface area (Å²) in [5.41, 5.74) is 1.10. The average Bonchev–Trinajstić information content (AvgIpc) is 2.36. The molecule has 102 valence electrons. The van der Waals surface area contributed by atoms with Gasteiger partial charge in [-0.1, -0.05) is 30.3 Å². The van der Waals surface area contributed by atoms with E-state index >= 15 is 0 Å². The third-order valence-corrected chi connectivity index (χ3v) is 2.63. The van der Waals surface area contributed by atoms with E-state index in [1.54, 1.807) is 6.92 Å². The largest absolute Gasteiger partial charge is 0.392 e. The molecule has 0 bridgehead atoms. The SMILES string of the molecule is CC(O)CNCC(O)COC(C)c1ccccc1. The lowest BCUT2D eigenvalue weighted by Crippen LogP contribution is -2.34. The molecule has 0 aliphatic rings. The number of aliphatic hydroxyl groups excluding tert-OH is 2. The van der Waals surface area contributed by atoms with E-state index in [0.717, 1.165) is 5.56 Å². The van der Waals surface area contributed by atoms with Crippen LogP contribution in [0.3, 0.4) is 0 Å². The summed E-state index contributed by atoms with van der Waals surface area (Å²) in [4.78, 5) is 0. The summed E-state index contributed by atoms with van der Waals surface area (Å²) in [5, 5.41) is 21.7. The van der Waals surface area contributed by atoms with Crippen molar-refractivity contribution in [1.82, 2.24) is 5.32 Å². The van der Waals surface area contributed by atoms with Gasteiger partial charge in [-0.2, -0.15) is 0 Å². The molecule has 0 saturated heterocycles. The molecule has 0 radical (unpaired) electrons. The third kappa shape index (κ3) is 6.12. The van der Waals surface area contributed by atoms with Gasteiger partial charge in [0.05, 0.1) is 24.9 Å². The first-order chi connectivity index (χ1) is 8.59. The van der Waals surface area contributed by atoms with Crippen LogP contribution in [0.2, 0.25) is 0 Å². The van der Waals surface area contributed by atoms with Gasteiger partial charge in [0.15, 0.2) is 0 Å². The molecule has 3 unspecified atom stereocenters. The first-order valence-electron chi connectivity index (χ1n) is 6.33.